The van der Waals surface area contributed by atoms with Gasteiger partial charge in [0.15, 0.2) is 17.6 Å². The number of hydrogen-bond acceptors (Lipinski definition) is 6. The van der Waals surface area contributed by atoms with Crippen LogP contribution in [0.15, 0.2) is 30.9 Å². The monoisotopic (exact) mass is 319 g/mol. The molecule has 8 nitrogen and oxygen atoms in total. The van der Waals surface area contributed by atoms with Crippen molar-refractivity contribution in [2.75, 3.05) is 0 Å². The lowest BCUT2D eigenvalue weighted by Gasteiger charge is -2.09. The molecule has 3 rings (SSSR count). The minimum absolute atomic E-state index is 0.137. The van der Waals surface area contributed by atoms with Gasteiger partial charge in [0.05, 0.1) is 11.2 Å². The van der Waals surface area contributed by atoms with Gasteiger partial charge in [0.2, 0.25) is 5.88 Å². The first kappa shape index (κ1) is 14.2. The van der Waals surface area contributed by atoms with E-state index in [0.717, 1.165) is 0 Å². The number of nitrogens with zero attached hydrogens (tertiary/aromatic N) is 5. The zero-order chi connectivity index (χ0) is 15.7. The van der Waals surface area contributed by atoms with Crippen LogP contribution in [0.4, 0.5) is 0 Å². The second-order valence-corrected chi connectivity index (χ2v) is 4.79. The van der Waals surface area contributed by atoms with Crippen LogP contribution in [-0.2, 0) is 4.79 Å². The average molecular weight is 320 g/mol. The summed E-state index contributed by atoms with van der Waals surface area (Å²) in [4.78, 5) is 23.1. The topological polar surface area (TPSA) is 103 Å². The lowest BCUT2D eigenvalue weighted by molar-refractivity contribution is -0.144. The van der Waals surface area contributed by atoms with E-state index >= 15 is 0 Å². The fraction of sp³-hybridized carbons (Fsp3) is 0.154. The fourth-order valence-electron chi connectivity index (χ4n) is 1.82. The Morgan fingerprint density at radius 1 is 1.41 bits per heavy atom. The summed E-state index contributed by atoms with van der Waals surface area (Å²) in [5.74, 6) is -0.541. The van der Waals surface area contributed by atoms with E-state index in [1.54, 1.807) is 18.3 Å². The first-order valence-corrected chi connectivity index (χ1v) is 6.65. The van der Waals surface area contributed by atoms with Crippen molar-refractivity contribution in [3.8, 4) is 11.7 Å². The summed E-state index contributed by atoms with van der Waals surface area (Å²) in [5.41, 5.74) is 0.420. The number of fused-ring (bicyclic) bond motifs is 1. The van der Waals surface area contributed by atoms with Crippen LogP contribution in [-0.4, -0.2) is 41.9 Å². The summed E-state index contributed by atoms with van der Waals surface area (Å²) in [6.07, 6.45) is 3.28. The molecule has 0 bridgehead atoms. The maximum atomic E-state index is 10.9. The smallest absolute Gasteiger partial charge is 0.344 e. The van der Waals surface area contributed by atoms with Crippen molar-refractivity contribution in [1.82, 2.24) is 24.7 Å². The molecule has 1 unspecified atom stereocenters. The Morgan fingerprint density at radius 3 is 2.95 bits per heavy atom. The normalized spacial score (nSPS) is 12.3. The lowest BCUT2D eigenvalue weighted by Crippen LogP contribution is -2.23. The van der Waals surface area contributed by atoms with Crippen LogP contribution < -0.4 is 4.74 Å². The molecule has 22 heavy (non-hydrogen) atoms. The van der Waals surface area contributed by atoms with Gasteiger partial charge >= 0.3 is 5.97 Å². The Morgan fingerprint density at radius 2 is 2.23 bits per heavy atom. The van der Waals surface area contributed by atoms with Crippen LogP contribution in [0.1, 0.15) is 6.92 Å². The molecule has 112 valence electrons. The predicted molar refractivity (Wildman–Crippen MR) is 77.2 cm³/mol. The van der Waals surface area contributed by atoms with Gasteiger partial charge in [0.1, 0.15) is 11.7 Å². The number of carbonyl (C=O) groups is 1. The van der Waals surface area contributed by atoms with Crippen LogP contribution in [0.25, 0.3) is 16.9 Å². The Hall–Kier alpha value is -2.74. The van der Waals surface area contributed by atoms with Crippen LogP contribution in [0.2, 0.25) is 5.02 Å². The number of aromatic nitrogens is 5. The molecular weight excluding hydrogens is 310 g/mol. The predicted octanol–water partition coefficient (Wildman–Crippen LogP) is 1.72. The maximum absolute atomic E-state index is 10.9. The minimum Gasteiger partial charge on any atom is -0.479 e. The number of ether oxygens (including phenoxy) is 1. The molecule has 0 aromatic carbocycles. The Labute approximate surface area is 129 Å². The van der Waals surface area contributed by atoms with Gasteiger partial charge in [-0.05, 0) is 19.1 Å². The van der Waals surface area contributed by atoms with Gasteiger partial charge in [0, 0.05) is 6.20 Å². The highest BCUT2D eigenvalue weighted by Gasteiger charge is 2.18. The zero-order valence-electron chi connectivity index (χ0n) is 11.3. The molecule has 0 amide bonds. The van der Waals surface area contributed by atoms with Gasteiger partial charge in [-0.1, -0.05) is 11.6 Å². The van der Waals surface area contributed by atoms with E-state index in [0.29, 0.717) is 21.9 Å². The first-order chi connectivity index (χ1) is 10.6. The maximum Gasteiger partial charge on any atom is 0.344 e. The van der Waals surface area contributed by atoms with Crippen LogP contribution in [0, 0.1) is 0 Å². The fourth-order valence-corrected chi connectivity index (χ4v) is 2.02. The molecule has 0 saturated carbocycles. The summed E-state index contributed by atoms with van der Waals surface area (Å²) in [5, 5.41) is 14.0. The molecule has 3 aromatic heterocycles. The molecule has 0 aliphatic heterocycles. The minimum atomic E-state index is -1.09. The third kappa shape index (κ3) is 2.44. The Kier molecular flexibility index (Phi) is 3.60. The second-order valence-electron chi connectivity index (χ2n) is 4.38. The highest BCUT2D eigenvalue weighted by atomic mass is 35.5. The third-order valence-electron chi connectivity index (χ3n) is 2.91. The highest BCUT2D eigenvalue weighted by Crippen LogP contribution is 2.25. The molecule has 0 radical (unpaired) electrons. The van der Waals surface area contributed by atoms with Crippen molar-refractivity contribution >= 4 is 28.6 Å². The largest absolute Gasteiger partial charge is 0.479 e. The van der Waals surface area contributed by atoms with Crippen molar-refractivity contribution in [2.24, 2.45) is 0 Å². The van der Waals surface area contributed by atoms with Crippen LogP contribution >= 0.6 is 11.6 Å². The molecule has 9 heteroatoms. The van der Waals surface area contributed by atoms with Gasteiger partial charge in [0.25, 0.3) is 0 Å². The molecule has 1 atom stereocenters. The lowest BCUT2D eigenvalue weighted by atomic mass is 10.4. The van der Waals surface area contributed by atoms with Gasteiger partial charge in [-0.3, -0.25) is 0 Å². The van der Waals surface area contributed by atoms with E-state index < -0.39 is 12.1 Å². The van der Waals surface area contributed by atoms with Gasteiger partial charge in [-0.25, -0.2) is 19.7 Å². The highest BCUT2D eigenvalue weighted by molar-refractivity contribution is 6.32. The Bertz CT molecular complexity index is 851. The van der Waals surface area contributed by atoms with Crippen LogP contribution in [0.5, 0.6) is 5.88 Å². The number of hydrogen-bond donors (Lipinski definition) is 1. The number of halogens is 1. The number of aliphatic carboxylic acids is 1. The summed E-state index contributed by atoms with van der Waals surface area (Å²) in [6.45, 7) is 1.41. The van der Waals surface area contributed by atoms with E-state index in [2.05, 4.69) is 20.1 Å². The average Bonchev–Trinajstić information content (AvgIpc) is 2.92. The van der Waals surface area contributed by atoms with Gasteiger partial charge < -0.3 is 9.84 Å². The number of rotatable bonds is 4. The molecule has 0 spiro atoms. The van der Waals surface area contributed by atoms with Crippen molar-refractivity contribution in [2.45, 2.75) is 13.0 Å². The molecule has 3 aromatic rings. The summed E-state index contributed by atoms with van der Waals surface area (Å²) in [7, 11) is 0. The SMILES string of the molecule is CC(Oc1ncnc2c1cnn2-c1ncccc1Cl)C(=O)O. The number of pyridine rings is 1. The Balaban J connectivity index is 2.10. The van der Waals surface area contributed by atoms with E-state index in [9.17, 15) is 4.79 Å². The van der Waals surface area contributed by atoms with Gasteiger partial charge in [-0.2, -0.15) is 9.78 Å². The summed E-state index contributed by atoms with van der Waals surface area (Å²) in [6, 6.07) is 3.39. The second kappa shape index (κ2) is 5.57. The van der Waals surface area contributed by atoms with Crippen molar-refractivity contribution in [3.63, 3.8) is 0 Å². The van der Waals surface area contributed by atoms with E-state index in [-0.39, 0.29) is 5.88 Å². The summed E-state index contributed by atoms with van der Waals surface area (Å²) >= 11 is 6.11. The zero-order valence-corrected chi connectivity index (χ0v) is 12.1. The molecular formula is C13H10ClN5O3. The molecule has 0 aliphatic rings. The van der Waals surface area contributed by atoms with Crippen molar-refractivity contribution < 1.29 is 14.6 Å². The summed E-state index contributed by atoms with van der Waals surface area (Å²) < 4.78 is 6.75. The third-order valence-corrected chi connectivity index (χ3v) is 3.20. The molecule has 0 fully saturated rings. The quantitative estimate of drug-likeness (QED) is 0.780. The van der Waals surface area contributed by atoms with E-state index in [4.69, 9.17) is 21.4 Å². The van der Waals surface area contributed by atoms with Gasteiger partial charge in [-0.15, -0.1) is 0 Å². The van der Waals surface area contributed by atoms with Crippen LogP contribution in [0.3, 0.4) is 0 Å². The standard InChI is InChI=1S/C13H10ClN5O3/c1-7(13(20)21)22-12-8-5-18-19(10(8)16-6-17-12)11-9(14)3-2-4-15-11/h2-7H,1H3,(H,20,21). The van der Waals surface area contributed by atoms with Crippen molar-refractivity contribution in [3.05, 3.63) is 35.9 Å². The van der Waals surface area contributed by atoms with E-state index in [1.165, 1.54) is 24.1 Å². The number of carboxylic acid groups (broad SMARTS) is 1. The molecule has 1 N–H and O–H groups in total. The first-order valence-electron chi connectivity index (χ1n) is 6.27. The van der Waals surface area contributed by atoms with E-state index in [1.807, 2.05) is 0 Å². The number of carboxylic acids is 1. The van der Waals surface area contributed by atoms with Crippen molar-refractivity contribution in [1.29, 1.82) is 0 Å². The molecule has 3 heterocycles. The molecule has 0 aliphatic carbocycles. The molecule has 0 saturated heterocycles.